The molecule has 0 unspecified atom stereocenters. The summed E-state index contributed by atoms with van der Waals surface area (Å²) in [6.45, 7) is 5.12. The number of piperidine rings is 1. The van der Waals surface area contributed by atoms with Crippen LogP contribution < -0.4 is 4.90 Å². The topological polar surface area (TPSA) is 113 Å². The number of carbonyl (C=O) groups is 3. The van der Waals surface area contributed by atoms with Crippen molar-refractivity contribution < 1.29 is 27.6 Å². The summed E-state index contributed by atoms with van der Waals surface area (Å²) in [6.07, 6.45) is 0.859. The van der Waals surface area contributed by atoms with Gasteiger partial charge in [0.1, 0.15) is 6.29 Å². The van der Waals surface area contributed by atoms with Gasteiger partial charge in [0, 0.05) is 63.0 Å². The van der Waals surface area contributed by atoms with Gasteiger partial charge in [-0.1, -0.05) is 0 Å². The Morgan fingerprint density at radius 2 is 1.83 bits per heavy atom. The Labute approximate surface area is 237 Å². The molecular weight excluding hydrogens is 534 g/mol. The number of amides is 2. The van der Waals surface area contributed by atoms with E-state index in [0.29, 0.717) is 35.5 Å². The van der Waals surface area contributed by atoms with Crippen molar-refractivity contribution in [1.29, 1.82) is 0 Å². The molecule has 0 radical (unpaired) electrons. The third kappa shape index (κ3) is 6.58. The molecule has 2 aromatic heterocycles. The minimum absolute atomic E-state index is 0.00793. The number of aldehydes is 1. The fourth-order valence-corrected chi connectivity index (χ4v) is 4.87. The molecule has 4 rings (SSSR count). The van der Waals surface area contributed by atoms with E-state index < -0.39 is 17.7 Å². The van der Waals surface area contributed by atoms with E-state index in [1.54, 1.807) is 58.1 Å². The van der Waals surface area contributed by atoms with E-state index in [2.05, 4.69) is 20.1 Å². The third-order valence-electron chi connectivity index (χ3n) is 7.32. The second-order valence-corrected chi connectivity index (χ2v) is 11.0. The van der Waals surface area contributed by atoms with Crippen LogP contribution >= 0.6 is 0 Å². The standard InChI is InChI=1S/C29H34F2N6O4/c1-29(2,17-38)23-14-21(37-12-10-18(11-13-37)27(39)35(3)4)8-9-22(23)28(40)36(5)16-20-7-6-19(15-32-20)25-33-34-26(41-25)24(30)31/h6-9,14-15,17-18,24H,10-13,16H2,1-5H3. The zero-order chi connectivity index (χ0) is 29.9. The number of carbonyl (C=O) groups excluding carboxylic acids is 3. The smallest absolute Gasteiger partial charge is 0.314 e. The summed E-state index contributed by atoms with van der Waals surface area (Å²) in [6, 6.07) is 8.78. The van der Waals surface area contributed by atoms with E-state index >= 15 is 0 Å². The second-order valence-electron chi connectivity index (χ2n) is 11.0. The summed E-state index contributed by atoms with van der Waals surface area (Å²) in [5.74, 6) is -0.986. The average molecular weight is 569 g/mol. The molecule has 0 saturated carbocycles. The molecule has 41 heavy (non-hydrogen) atoms. The van der Waals surface area contributed by atoms with E-state index in [-0.39, 0.29) is 30.2 Å². The molecule has 0 spiro atoms. The number of rotatable bonds is 9. The first-order valence-corrected chi connectivity index (χ1v) is 13.3. The molecule has 3 heterocycles. The summed E-state index contributed by atoms with van der Waals surface area (Å²) in [5, 5.41) is 6.93. The van der Waals surface area contributed by atoms with Gasteiger partial charge >= 0.3 is 6.43 Å². The summed E-state index contributed by atoms with van der Waals surface area (Å²) in [7, 11) is 5.18. The Morgan fingerprint density at radius 3 is 2.39 bits per heavy atom. The first kappa shape index (κ1) is 29.8. The Bertz CT molecular complexity index is 1400. The van der Waals surface area contributed by atoms with Crippen molar-refractivity contribution in [3.8, 4) is 11.5 Å². The summed E-state index contributed by atoms with van der Waals surface area (Å²) in [4.78, 5) is 47.7. The lowest BCUT2D eigenvalue weighted by atomic mass is 9.82. The van der Waals surface area contributed by atoms with Crippen molar-refractivity contribution in [3.63, 3.8) is 0 Å². The van der Waals surface area contributed by atoms with Gasteiger partial charge in [0.25, 0.3) is 11.8 Å². The lowest BCUT2D eigenvalue weighted by molar-refractivity contribution is -0.133. The second kappa shape index (κ2) is 12.1. The van der Waals surface area contributed by atoms with Gasteiger partial charge in [-0.15, -0.1) is 10.2 Å². The van der Waals surface area contributed by atoms with Crippen molar-refractivity contribution >= 4 is 23.8 Å². The van der Waals surface area contributed by atoms with Gasteiger partial charge in [0.2, 0.25) is 11.8 Å². The number of aromatic nitrogens is 3. The maximum atomic E-state index is 13.6. The fraction of sp³-hybridized carbons (Fsp3) is 0.448. The Morgan fingerprint density at radius 1 is 1.12 bits per heavy atom. The lowest BCUT2D eigenvalue weighted by Crippen LogP contribution is -2.40. The van der Waals surface area contributed by atoms with Gasteiger partial charge in [-0.2, -0.15) is 8.78 Å². The van der Waals surface area contributed by atoms with E-state index in [1.807, 2.05) is 12.1 Å². The first-order chi connectivity index (χ1) is 19.4. The van der Waals surface area contributed by atoms with Gasteiger partial charge in [-0.25, -0.2) is 0 Å². The van der Waals surface area contributed by atoms with Crippen LogP contribution in [-0.4, -0.2) is 77.3 Å². The third-order valence-corrected chi connectivity index (χ3v) is 7.32. The number of hydrogen-bond acceptors (Lipinski definition) is 8. The molecular formula is C29H34F2N6O4. The lowest BCUT2D eigenvalue weighted by Gasteiger charge is -2.35. The van der Waals surface area contributed by atoms with Crippen LogP contribution in [0, 0.1) is 5.92 Å². The van der Waals surface area contributed by atoms with Crippen molar-refractivity contribution in [3.05, 3.63) is 59.2 Å². The van der Waals surface area contributed by atoms with Gasteiger partial charge in [0.15, 0.2) is 0 Å². The number of halogens is 2. The molecule has 1 aliphatic heterocycles. The normalized spacial score (nSPS) is 14.3. The van der Waals surface area contributed by atoms with Crippen LogP contribution in [0.15, 0.2) is 40.9 Å². The molecule has 0 atom stereocenters. The quantitative estimate of drug-likeness (QED) is 0.355. The first-order valence-electron chi connectivity index (χ1n) is 13.3. The molecule has 2 amide bonds. The molecule has 0 N–H and O–H groups in total. The summed E-state index contributed by atoms with van der Waals surface area (Å²) in [5.41, 5.74) is 1.94. The van der Waals surface area contributed by atoms with E-state index in [0.717, 1.165) is 24.8 Å². The molecule has 3 aromatic rings. The highest BCUT2D eigenvalue weighted by atomic mass is 19.3. The van der Waals surface area contributed by atoms with Crippen LogP contribution in [0.3, 0.4) is 0 Å². The molecule has 0 bridgehead atoms. The Kier molecular flexibility index (Phi) is 8.79. The summed E-state index contributed by atoms with van der Waals surface area (Å²) < 4.78 is 30.4. The van der Waals surface area contributed by atoms with Gasteiger partial charge in [-0.05, 0) is 62.6 Å². The molecule has 1 aromatic carbocycles. The van der Waals surface area contributed by atoms with Crippen LogP contribution in [-0.2, 0) is 21.5 Å². The Hall–Kier alpha value is -4.22. The van der Waals surface area contributed by atoms with Crippen LogP contribution in [0.2, 0.25) is 0 Å². The molecule has 218 valence electrons. The van der Waals surface area contributed by atoms with Gasteiger partial charge < -0.3 is 23.9 Å². The maximum Gasteiger partial charge on any atom is 0.314 e. The zero-order valence-electron chi connectivity index (χ0n) is 23.8. The van der Waals surface area contributed by atoms with Crippen LogP contribution in [0.25, 0.3) is 11.5 Å². The number of nitrogens with zero attached hydrogens (tertiary/aromatic N) is 6. The highest BCUT2D eigenvalue weighted by Crippen LogP contribution is 2.32. The van der Waals surface area contributed by atoms with Crippen molar-refractivity contribution in [2.24, 2.45) is 5.92 Å². The maximum absolute atomic E-state index is 13.6. The zero-order valence-corrected chi connectivity index (χ0v) is 23.8. The van der Waals surface area contributed by atoms with E-state index in [1.165, 1.54) is 11.1 Å². The monoisotopic (exact) mass is 568 g/mol. The number of benzene rings is 1. The predicted molar refractivity (Wildman–Crippen MR) is 147 cm³/mol. The van der Waals surface area contributed by atoms with E-state index in [4.69, 9.17) is 4.42 Å². The SMILES string of the molecule is CN(C)C(=O)C1CCN(c2ccc(C(=O)N(C)Cc3ccc(-c4nnc(C(F)F)o4)cn3)c(C(C)(C)C=O)c2)CC1. The molecule has 1 aliphatic rings. The van der Waals surface area contributed by atoms with Crippen LogP contribution in [0.5, 0.6) is 0 Å². The number of pyridine rings is 1. The predicted octanol–water partition coefficient (Wildman–Crippen LogP) is 4.12. The van der Waals surface area contributed by atoms with Crippen LogP contribution in [0.4, 0.5) is 14.5 Å². The molecule has 1 saturated heterocycles. The average Bonchev–Trinajstić information content (AvgIpc) is 3.47. The highest BCUT2D eigenvalue weighted by Gasteiger charge is 2.30. The molecule has 1 fully saturated rings. The van der Waals surface area contributed by atoms with E-state index in [9.17, 15) is 23.2 Å². The fourth-order valence-electron chi connectivity index (χ4n) is 4.87. The van der Waals surface area contributed by atoms with Crippen molar-refractivity contribution in [2.45, 2.75) is 45.1 Å². The molecule has 10 nitrogen and oxygen atoms in total. The molecule has 12 heteroatoms. The largest absolute Gasteiger partial charge is 0.415 e. The van der Waals surface area contributed by atoms with Gasteiger partial charge in [-0.3, -0.25) is 14.6 Å². The summed E-state index contributed by atoms with van der Waals surface area (Å²) >= 11 is 0. The Balaban J connectivity index is 1.50. The van der Waals surface area contributed by atoms with Crippen molar-refractivity contribution in [1.82, 2.24) is 25.0 Å². The van der Waals surface area contributed by atoms with Crippen LogP contribution in [0.1, 0.15) is 60.6 Å². The number of anilines is 1. The minimum atomic E-state index is -2.86. The molecule has 0 aliphatic carbocycles. The number of alkyl halides is 2. The minimum Gasteiger partial charge on any atom is -0.415 e. The number of hydrogen-bond donors (Lipinski definition) is 0. The highest BCUT2D eigenvalue weighted by molar-refractivity contribution is 5.97. The van der Waals surface area contributed by atoms with Crippen molar-refractivity contribution in [2.75, 3.05) is 39.1 Å². The van der Waals surface area contributed by atoms with Gasteiger partial charge in [0.05, 0.1) is 17.8 Å².